The molecule has 0 aliphatic heterocycles. The van der Waals surface area contributed by atoms with E-state index in [0.717, 1.165) is 22.3 Å². The zero-order valence-corrected chi connectivity index (χ0v) is 15.9. The summed E-state index contributed by atoms with van der Waals surface area (Å²) >= 11 is 0. The van der Waals surface area contributed by atoms with Crippen molar-refractivity contribution in [1.82, 2.24) is 4.31 Å². The molecule has 0 aromatic heterocycles. The molecule has 0 saturated heterocycles. The van der Waals surface area contributed by atoms with Crippen LogP contribution in [0.1, 0.15) is 18.1 Å². The molecule has 0 spiro atoms. The van der Waals surface area contributed by atoms with E-state index in [0.29, 0.717) is 18.0 Å². The molecule has 4 heteroatoms. The molecule has 0 aliphatic rings. The van der Waals surface area contributed by atoms with Crippen molar-refractivity contribution in [2.45, 2.75) is 25.3 Å². The number of benzene rings is 3. The molecule has 0 atom stereocenters. The molecular formula is C22H23NO2S. The average Bonchev–Trinajstić information content (AvgIpc) is 2.67. The normalized spacial score (nSPS) is 11.7. The third-order valence-corrected chi connectivity index (χ3v) is 6.33. The van der Waals surface area contributed by atoms with Crippen molar-refractivity contribution in [2.75, 3.05) is 6.54 Å². The van der Waals surface area contributed by atoms with E-state index < -0.39 is 10.0 Å². The molecule has 0 radical (unpaired) electrons. The Kier molecular flexibility index (Phi) is 5.55. The molecule has 0 unspecified atom stereocenters. The largest absolute Gasteiger partial charge is 0.243 e. The third kappa shape index (κ3) is 4.03. The van der Waals surface area contributed by atoms with Crippen LogP contribution in [-0.2, 0) is 16.6 Å². The smallest absolute Gasteiger partial charge is 0.207 e. The van der Waals surface area contributed by atoms with Crippen molar-refractivity contribution in [3.63, 3.8) is 0 Å². The van der Waals surface area contributed by atoms with Gasteiger partial charge in [-0.15, -0.1) is 0 Å². The summed E-state index contributed by atoms with van der Waals surface area (Å²) in [5, 5.41) is 0. The number of aryl methyl sites for hydroxylation is 1. The van der Waals surface area contributed by atoms with Gasteiger partial charge in [0.15, 0.2) is 0 Å². The van der Waals surface area contributed by atoms with Crippen LogP contribution in [0.15, 0.2) is 83.8 Å². The lowest BCUT2D eigenvalue weighted by Crippen LogP contribution is -2.30. The topological polar surface area (TPSA) is 37.4 Å². The SMILES string of the molecule is CCN(Cc1cccc(C)c1)S(=O)(=O)c1ccc(-c2ccccc2)cc1. The van der Waals surface area contributed by atoms with E-state index in [2.05, 4.69) is 0 Å². The molecule has 3 rings (SSSR count). The quantitative estimate of drug-likeness (QED) is 0.625. The lowest BCUT2D eigenvalue weighted by molar-refractivity contribution is 0.423. The lowest BCUT2D eigenvalue weighted by atomic mass is 10.1. The van der Waals surface area contributed by atoms with Gasteiger partial charge in [0.05, 0.1) is 4.90 Å². The zero-order valence-electron chi connectivity index (χ0n) is 15.1. The molecule has 0 fully saturated rings. The van der Waals surface area contributed by atoms with E-state index in [1.165, 1.54) is 4.31 Å². The molecule has 3 aromatic rings. The van der Waals surface area contributed by atoms with E-state index in [-0.39, 0.29) is 0 Å². The van der Waals surface area contributed by atoms with Crippen molar-refractivity contribution in [3.05, 3.63) is 90.0 Å². The first kappa shape index (κ1) is 18.4. The summed E-state index contributed by atoms with van der Waals surface area (Å²) in [5.41, 5.74) is 4.20. The molecule has 0 heterocycles. The lowest BCUT2D eigenvalue weighted by Gasteiger charge is -2.21. The minimum absolute atomic E-state index is 0.326. The summed E-state index contributed by atoms with van der Waals surface area (Å²) in [7, 11) is -3.53. The number of hydrogen-bond acceptors (Lipinski definition) is 2. The van der Waals surface area contributed by atoms with Crippen LogP contribution in [0.25, 0.3) is 11.1 Å². The van der Waals surface area contributed by atoms with E-state index >= 15 is 0 Å². The third-order valence-electron chi connectivity index (χ3n) is 4.39. The molecule has 0 aliphatic carbocycles. The van der Waals surface area contributed by atoms with Crippen molar-refractivity contribution >= 4 is 10.0 Å². The second-order valence-electron chi connectivity index (χ2n) is 6.31. The molecule has 0 saturated carbocycles. The first-order chi connectivity index (χ1) is 12.5. The van der Waals surface area contributed by atoms with Crippen LogP contribution in [0.5, 0.6) is 0 Å². The van der Waals surface area contributed by atoms with Crippen LogP contribution in [0.4, 0.5) is 0 Å². The molecular weight excluding hydrogens is 342 g/mol. The van der Waals surface area contributed by atoms with Crippen LogP contribution in [0, 0.1) is 6.92 Å². The van der Waals surface area contributed by atoms with Gasteiger partial charge < -0.3 is 0 Å². The van der Waals surface area contributed by atoms with Crippen molar-refractivity contribution in [1.29, 1.82) is 0 Å². The van der Waals surface area contributed by atoms with Crippen LogP contribution in [0.2, 0.25) is 0 Å². The molecule has 0 amide bonds. The van der Waals surface area contributed by atoms with Gasteiger partial charge in [0.2, 0.25) is 10.0 Å². The summed E-state index contributed by atoms with van der Waals surface area (Å²) in [4.78, 5) is 0.326. The molecule has 0 N–H and O–H groups in total. The van der Waals surface area contributed by atoms with Gasteiger partial charge in [-0.25, -0.2) is 8.42 Å². The molecule has 3 aromatic carbocycles. The highest BCUT2D eigenvalue weighted by molar-refractivity contribution is 7.89. The fourth-order valence-electron chi connectivity index (χ4n) is 2.98. The minimum Gasteiger partial charge on any atom is -0.207 e. The highest BCUT2D eigenvalue weighted by Crippen LogP contribution is 2.23. The van der Waals surface area contributed by atoms with Gasteiger partial charge in [-0.3, -0.25) is 0 Å². The summed E-state index contributed by atoms with van der Waals surface area (Å²) < 4.78 is 27.6. The molecule has 134 valence electrons. The first-order valence-electron chi connectivity index (χ1n) is 8.72. The number of rotatable bonds is 6. The molecule has 26 heavy (non-hydrogen) atoms. The van der Waals surface area contributed by atoms with Gasteiger partial charge in [0.1, 0.15) is 0 Å². The Morgan fingerprint density at radius 1 is 0.808 bits per heavy atom. The second-order valence-corrected chi connectivity index (χ2v) is 8.25. The van der Waals surface area contributed by atoms with Gasteiger partial charge in [0.25, 0.3) is 0 Å². The van der Waals surface area contributed by atoms with Gasteiger partial charge in [-0.2, -0.15) is 4.31 Å². The maximum atomic E-state index is 13.0. The van der Waals surface area contributed by atoms with Crippen LogP contribution in [0.3, 0.4) is 0 Å². The standard InChI is InChI=1S/C22H23NO2S/c1-3-23(17-19-9-7-8-18(2)16-19)26(24,25)22-14-12-21(13-15-22)20-10-5-4-6-11-20/h4-16H,3,17H2,1-2H3. The summed E-state index contributed by atoms with van der Waals surface area (Å²) in [6, 6.07) is 25.0. The maximum Gasteiger partial charge on any atom is 0.243 e. The zero-order chi connectivity index (χ0) is 18.6. The van der Waals surface area contributed by atoms with Gasteiger partial charge >= 0.3 is 0 Å². The Morgan fingerprint density at radius 3 is 2.08 bits per heavy atom. The highest BCUT2D eigenvalue weighted by atomic mass is 32.2. The second kappa shape index (κ2) is 7.85. The fraction of sp³-hybridized carbons (Fsp3) is 0.182. The maximum absolute atomic E-state index is 13.0. The van der Waals surface area contributed by atoms with Crippen molar-refractivity contribution in [3.8, 4) is 11.1 Å². The Morgan fingerprint density at radius 2 is 1.46 bits per heavy atom. The predicted molar refractivity (Wildman–Crippen MR) is 106 cm³/mol. The monoisotopic (exact) mass is 365 g/mol. The average molecular weight is 365 g/mol. The van der Waals surface area contributed by atoms with Crippen molar-refractivity contribution in [2.24, 2.45) is 0 Å². The summed E-state index contributed by atoms with van der Waals surface area (Å²) in [6.45, 7) is 4.68. The Labute approximate surface area is 156 Å². The van der Waals surface area contributed by atoms with Gasteiger partial charge in [0, 0.05) is 13.1 Å². The van der Waals surface area contributed by atoms with Gasteiger partial charge in [-0.1, -0.05) is 79.2 Å². The van der Waals surface area contributed by atoms with Crippen molar-refractivity contribution < 1.29 is 8.42 Å². The van der Waals surface area contributed by atoms with Gasteiger partial charge in [-0.05, 0) is 35.7 Å². The highest BCUT2D eigenvalue weighted by Gasteiger charge is 2.23. The Hall–Kier alpha value is -2.43. The predicted octanol–water partition coefficient (Wildman–Crippen LogP) is 4.87. The van der Waals surface area contributed by atoms with E-state index in [9.17, 15) is 8.42 Å². The Balaban J connectivity index is 1.86. The summed E-state index contributed by atoms with van der Waals surface area (Å²) in [5.74, 6) is 0. The minimum atomic E-state index is -3.53. The fourth-order valence-corrected chi connectivity index (χ4v) is 4.42. The van der Waals surface area contributed by atoms with E-state index in [1.807, 2.05) is 80.6 Å². The van der Waals surface area contributed by atoms with Crippen LogP contribution < -0.4 is 0 Å². The summed E-state index contributed by atoms with van der Waals surface area (Å²) in [6.07, 6.45) is 0. The number of nitrogens with zero attached hydrogens (tertiary/aromatic N) is 1. The van der Waals surface area contributed by atoms with Crippen LogP contribution >= 0.6 is 0 Å². The van der Waals surface area contributed by atoms with Crippen LogP contribution in [-0.4, -0.2) is 19.3 Å². The van der Waals surface area contributed by atoms with E-state index in [1.54, 1.807) is 12.1 Å². The Bertz CT molecular complexity index is 965. The van der Waals surface area contributed by atoms with E-state index in [4.69, 9.17) is 0 Å². The molecule has 3 nitrogen and oxygen atoms in total. The number of sulfonamides is 1. The number of hydrogen-bond donors (Lipinski definition) is 0. The molecule has 0 bridgehead atoms. The first-order valence-corrected chi connectivity index (χ1v) is 10.2.